The third-order valence-electron chi connectivity index (χ3n) is 3.45. The summed E-state index contributed by atoms with van der Waals surface area (Å²) in [7, 11) is 0. The van der Waals surface area contributed by atoms with Gasteiger partial charge in [0.1, 0.15) is 11.4 Å². The molecule has 1 aliphatic rings. The van der Waals surface area contributed by atoms with Crippen LogP contribution in [0.4, 0.5) is 9.18 Å². The first kappa shape index (κ1) is 15.8. The van der Waals surface area contributed by atoms with Crippen LogP contribution in [0.3, 0.4) is 0 Å². The Kier molecular flexibility index (Phi) is 4.83. The van der Waals surface area contributed by atoms with Gasteiger partial charge in [0.15, 0.2) is 0 Å². The highest BCUT2D eigenvalue weighted by molar-refractivity contribution is 5.68. The van der Waals surface area contributed by atoms with E-state index in [0.29, 0.717) is 0 Å². The number of hydrogen-bond donors (Lipinski definition) is 2. The van der Waals surface area contributed by atoms with Crippen LogP contribution < -0.4 is 10.6 Å². The number of alkyl carbamates (subject to hydrolysis) is 1. The van der Waals surface area contributed by atoms with Crippen LogP contribution >= 0.6 is 0 Å². The Bertz CT molecular complexity index is 482. The van der Waals surface area contributed by atoms with Crippen molar-refractivity contribution in [2.75, 3.05) is 13.1 Å². The molecule has 2 unspecified atom stereocenters. The molecule has 2 atom stereocenters. The van der Waals surface area contributed by atoms with Crippen molar-refractivity contribution in [2.45, 2.75) is 38.8 Å². The summed E-state index contributed by atoms with van der Waals surface area (Å²) in [5, 5.41) is 6.20. The van der Waals surface area contributed by atoms with Crippen LogP contribution in [0.2, 0.25) is 0 Å². The van der Waals surface area contributed by atoms with Gasteiger partial charge in [-0.1, -0.05) is 12.1 Å². The molecule has 1 fully saturated rings. The van der Waals surface area contributed by atoms with Gasteiger partial charge in [0.05, 0.1) is 0 Å². The highest BCUT2D eigenvalue weighted by Gasteiger charge is 2.30. The zero-order valence-corrected chi connectivity index (χ0v) is 12.8. The van der Waals surface area contributed by atoms with Gasteiger partial charge in [0.25, 0.3) is 0 Å². The Morgan fingerprint density at radius 3 is 2.62 bits per heavy atom. The molecule has 116 valence electrons. The minimum Gasteiger partial charge on any atom is -0.444 e. The molecule has 1 aromatic carbocycles. The van der Waals surface area contributed by atoms with E-state index in [1.165, 1.54) is 12.1 Å². The summed E-state index contributed by atoms with van der Waals surface area (Å²) >= 11 is 0. The summed E-state index contributed by atoms with van der Waals surface area (Å²) in [6.07, 6.45) is 0.411. The van der Waals surface area contributed by atoms with Gasteiger partial charge in [0, 0.05) is 19.1 Å². The summed E-state index contributed by atoms with van der Waals surface area (Å²) in [5.74, 6) is 0.0507. The van der Waals surface area contributed by atoms with Gasteiger partial charge in [-0.25, -0.2) is 9.18 Å². The van der Waals surface area contributed by atoms with E-state index < -0.39 is 5.60 Å². The molecular weight excluding hydrogens is 271 g/mol. The minimum atomic E-state index is -0.497. The molecule has 2 rings (SSSR count). The minimum absolute atomic E-state index is 0.0323. The average molecular weight is 294 g/mol. The molecule has 1 saturated heterocycles. The molecule has 0 radical (unpaired) electrons. The Morgan fingerprint density at radius 2 is 2.00 bits per heavy atom. The number of nitrogens with one attached hydrogen (secondary N) is 2. The maximum atomic E-state index is 12.9. The van der Waals surface area contributed by atoms with Crippen molar-refractivity contribution in [1.82, 2.24) is 10.6 Å². The number of carbonyl (C=O) groups excluding carboxylic acids is 1. The van der Waals surface area contributed by atoms with Gasteiger partial charge in [-0.3, -0.25) is 0 Å². The van der Waals surface area contributed by atoms with Crippen molar-refractivity contribution in [3.8, 4) is 0 Å². The van der Waals surface area contributed by atoms with Crippen molar-refractivity contribution in [3.63, 3.8) is 0 Å². The van der Waals surface area contributed by atoms with Crippen LogP contribution in [-0.4, -0.2) is 30.8 Å². The van der Waals surface area contributed by atoms with Crippen LogP contribution in [-0.2, 0) is 11.2 Å². The van der Waals surface area contributed by atoms with Crippen LogP contribution in [0.15, 0.2) is 24.3 Å². The molecule has 0 saturated carbocycles. The van der Waals surface area contributed by atoms with E-state index in [1.807, 2.05) is 20.8 Å². The van der Waals surface area contributed by atoms with Gasteiger partial charge in [-0.2, -0.15) is 0 Å². The molecule has 5 heteroatoms. The van der Waals surface area contributed by atoms with E-state index in [9.17, 15) is 9.18 Å². The van der Waals surface area contributed by atoms with Crippen molar-refractivity contribution < 1.29 is 13.9 Å². The Hall–Kier alpha value is -1.62. The van der Waals surface area contributed by atoms with Crippen LogP contribution in [0, 0.1) is 11.7 Å². The molecule has 1 heterocycles. The predicted molar refractivity (Wildman–Crippen MR) is 79.6 cm³/mol. The normalized spacial score (nSPS) is 22.1. The smallest absolute Gasteiger partial charge is 0.407 e. The van der Waals surface area contributed by atoms with E-state index in [4.69, 9.17) is 4.74 Å². The molecule has 2 N–H and O–H groups in total. The zero-order chi connectivity index (χ0) is 15.5. The molecule has 1 aromatic rings. The van der Waals surface area contributed by atoms with Crippen molar-refractivity contribution in [2.24, 2.45) is 5.92 Å². The quantitative estimate of drug-likeness (QED) is 0.900. The standard InChI is InChI=1S/C16H23FN2O2/c1-16(2,3)21-15(20)19-14-10-18-9-12(14)8-11-4-6-13(17)7-5-11/h4-7,12,14,18H,8-10H2,1-3H3,(H,19,20). The summed E-state index contributed by atoms with van der Waals surface area (Å²) in [5.41, 5.74) is 0.573. The molecule has 0 aliphatic carbocycles. The van der Waals surface area contributed by atoms with Crippen LogP contribution in [0.1, 0.15) is 26.3 Å². The van der Waals surface area contributed by atoms with Gasteiger partial charge in [-0.15, -0.1) is 0 Å². The van der Waals surface area contributed by atoms with E-state index in [1.54, 1.807) is 12.1 Å². The lowest BCUT2D eigenvalue weighted by atomic mass is 9.95. The van der Waals surface area contributed by atoms with E-state index >= 15 is 0 Å². The lowest BCUT2D eigenvalue weighted by Gasteiger charge is -2.24. The second-order valence-corrected chi connectivity index (χ2v) is 6.50. The van der Waals surface area contributed by atoms with Gasteiger partial charge in [0.2, 0.25) is 0 Å². The Labute approximate surface area is 125 Å². The van der Waals surface area contributed by atoms with Crippen molar-refractivity contribution >= 4 is 6.09 Å². The lowest BCUT2D eigenvalue weighted by molar-refractivity contribution is 0.0497. The fraction of sp³-hybridized carbons (Fsp3) is 0.562. The molecule has 4 nitrogen and oxygen atoms in total. The first-order chi connectivity index (χ1) is 9.83. The summed E-state index contributed by atoms with van der Waals surface area (Å²) < 4.78 is 18.2. The molecule has 0 aromatic heterocycles. The fourth-order valence-corrected chi connectivity index (χ4v) is 2.50. The molecule has 21 heavy (non-hydrogen) atoms. The first-order valence-corrected chi connectivity index (χ1v) is 7.28. The van der Waals surface area contributed by atoms with Gasteiger partial charge >= 0.3 is 6.09 Å². The topological polar surface area (TPSA) is 50.4 Å². The van der Waals surface area contributed by atoms with E-state index in [2.05, 4.69) is 10.6 Å². The van der Waals surface area contributed by atoms with E-state index in [-0.39, 0.29) is 23.9 Å². The lowest BCUT2D eigenvalue weighted by Crippen LogP contribution is -2.43. The number of halogens is 1. The highest BCUT2D eigenvalue weighted by Crippen LogP contribution is 2.17. The second kappa shape index (κ2) is 6.43. The zero-order valence-electron chi connectivity index (χ0n) is 12.8. The third-order valence-corrected chi connectivity index (χ3v) is 3.45. The van der Waals surface area contributed by atoms with Crippen molar-refractivity contribution in [1.29, 1.82) is 0 Å². The maximum absolute atomic E-state index is 12.9. The first-order valence-electron chi connectivity index (χ1n) is 7.28. The monoisotopic (exact) mass is 294 g/mol. The number of ether oxygens (including phenoxy) is 1. The number of amides is 1. The highest BCUT2D eigenvalue weighted by atomic mass is 19.1. The summed E-state index contributed by atoms with van der Waals surface area (Å²) in [6.45, 7) is 7.09. The largest absolute Gasteiger partial charge is 0.444 e. The second-order valence-electron chi connectivity index (χ2n) is 6.50. The van der Waals surface area contributed by atoms with Gasteiger partial charge < -0.3 is 15.4 Å². The van der Waals surface area contributed by atoms with E-state index in [0.717, 1.165) is 25.1 Å². The third kappa shape index (κ3) is 5.01. The average Bonchev–Trinajstić information content (AvgIpc) is 2.77. The summed E-state index contributed by atoms with van der Waals surface area (Å²) in [6, 6.07) is 6.54. The Balaban J connectivity index is 1.91. The SMILES string of the molecule is CC(C)(C)OC(=O)NC1CNCC1Cc1ccc(F)cc1. The fourth-order valence-electron chi connectivity index (χ4n) is 2.50. The van der Waals surface area contributed by atoms with Crippen LogP contribution in [0.25, 0.3) is 0 Å². The Morgan fingerprint density at radius 1 is 1.33 bits per heavy atom. The maximum Gasteiger partial charge on any atom is 0.407 e. The van der Waals surface area contributed by atoms with Crippen LogP contribution in [0.5, 0.6) is 0 Å². The number of hydrogen-bond acceptors (Lipinski definition) is 3. The molecule has 0 bridgehead atoms. The molecule has 1 aliphatic heterocycles. The number of benzene rings is 1. The van der Waals surface area contributed by atoms with Gasteiger partial charge in [-0.05, 0) is 50.8 Å². The predicted octanol–water partition coefficient (Wildman–Crippen LogP) is 2.48. The number of carbonyl (C=O) groups is 1. The molecular formula is C16H23FN2O2. The van der Waals surface area contributed by atoms with Crippen molar-refractivity contribution in [3.05, 3.63) is 35.6 Å². The number of rotatable bonds is 3. The summed E-state index contributed by atoms with van der Waals surface area (Å²) in [4.78, 5) is 11.8. The molecule has 0 spiro atoms. The molecule has 1 amide bonds.